The van der Waals surface area contributed by atoms with Crippen LogP contribution in [-0.2, 0) is 9.53 Å². The van der Waals surface area contributed by atoms with Crippen LogP contribution in [0, 0.1) is 5.92 Å². The van der Waals surface area contributed by atoms with Gasteiger partial charge in [-0.2, -0.15) is 0 Å². The third kappa shape index (κ3) is 4.04. The number of rotatable bonds is 5. The lowest BCUT2D eigenvalue weighted by atomic mass is 10.1. The van der Waals surface area contributed by atoms with E-state index in [2.05, 4.69) is 15.6 Å². The average molecular weight is 410 g/mol. The molecule has 0 spiro atoms. The van der Waals surface area contributed by atoms with E-state index in [9.17, 15) is 9.59 Å². The SMILES string of the molecule is O=C(N[C@@H]1CCCOC1)c1cc(-c2ccc3nc(NC(=O)C4CC4)cn3c2)cs1. The maximum absolute atomic E-state index is 12.5. The van der Waals surface area contributed by atoms with Crippen molar-refractivity contribution in [2.75, 3.05) is 18.5 Å². The number of nitrogens with one attached hydrogen (secondary N) is 2. The molecular formula is C21H22N4O3S. The van der Waals surface area contributed by atoms with Gasteiger partial charge < -0.3 is 19.8 Å². The first kappa shape index (κ1) is 18.3. The van der Waals surface area contributed by atoms with Gasteiger partial charge in [-0.3, -0.25) is 9.59 Å². The van der Waals surface area contributed by atoms with E-state index in [4.69, 9.17) is 4.74 Å². The first-order valence-electron chi connectivity index (χ1n) is 9.93. The van der Waals surface area contributed by atoms with Crippen molar-refractivity contribution < 1.29 is 14.3 Å². The van der Waals surface area contributed by atoms with Gasteiger partial charge in [-0.25, -0.2) is 4.98 Å². The smallest absolute Gasteiger partial charge is 0.261 e. The number of fused-ring (bicyclic) bond motifs is 1. The summed E-state index contributed by atoms with van der Waals surface area (Å²) in [5.41, 5.74) is 2.75. The zero-order valence-corrected chi connectivity index (χ0v) is 16.7. The molecular weight excluding hydrogens is 388 g/mol. The Kier molecular flexibility index (Phi) is 4.81. The van der Waals surface area contributed by atoms with Crippen molar-refractivity contribution in [1.82, 2.24) is 14.7 Å². The Labute approximate surface area is 172 Å². The highest BCUT2D eigenvalue weighted by Gasteiger charge is 2.30. The molecule has 2 N–H and O–H groups in total. The van der Waals surface area contributed by atoms with E-state index in [0.717, 1.165) is 49.1 Å². The molecule has 1 saturated carbocycles. The summed E-state index contributed by atoms with van der Waals surface area (Å²) in [4.78, 5) is 29.6. The van der Waals surface area contributed by atoms with Gasteiger partial charge in [0.15, 0.2) is 5.82 Å². The van der Waals surface area contributed by atoms with E-state index in [1.165, 1.54) is 11.3 Å². The van der Waals surface area contributed by atoms with Gasteiger partial charge in [0.1, 0.15) is 5.65 Å². The lowest BCUT2D eigenvalue weighted by Gasteiger charge is -2.22. The molecule has 0 unspecified atom stereocenters. The number of hydrogen-bond acceptors (Lipinski definition) is 5. The second kappa shape index (κ2) is 7.61. The topological polar surface area (TPSA) is 84.7 Å². The van der Waals surface area contributed by atoms with Crippen LogP contribution in [0.25, 0.3) is 16.8 Å². The van der Waals surface area contributed by atoms with Crippen LogP contribution < -0.4 is 10.6 Å². The Hall–Kier alpha value is -2.71. The number of carbonyl (C=O) groups is 2. The summed E-state index contributed by atoms with van der Waals surface area (Å²) in [6.45, 7) is 1.36. The van der Waals surface area contributed by atoms with Gasteiger partial charge in [-0.1, -0.05) is 0 Å². The molecule has 0 radical (unpaired) electrons. The molecule has 150 valence electrons. The van der Waals surface area contributed by atoms with Gasteiger partial charge >= 0.3 is 0 Å². The molecule has 1 saturated heterocycles. The minimum absolute atomic E-state index is 0.0467. The van der Waals surface area contributed by atoms with Crippen LogP contribution in [0.5, 0.6) is 0 Å². The first-order valence-corrected chi connectivity index (χ1v) is 10.8. The Morgan fingerprint density at radius 1 is 1.17 bits per heavy atom. The predicted molar refractivity (Wildman–Crippen MR) is 111 cm³/mol. The minimum atomic E-state index is -0.0504. The van der Waals surface area contributed by atoms with Crippen LogP contribution >= 0.6 is 11.3 Å². The minimum Gasteiger partial charge on any atom is -0.379 e. The van der Waals surface area contributed by atoms with E-state index in [1.54, 1.807) is 0 Å². The van der Waals surface area contributed by atoms with Gasteiger partial charge in [-0.05, 0) is 60.4 Å². The number of thiophene rings is 1. The molecule has 8 heteroatoms. The van der Waals surface area contributed by atoms with Crippen LogP contribution in [0.15, 0.2) is 36.0 Å². The Bertz CT molecular complexity index is 1060. The van der Waals surface area contributed by atoms with E-state index in [1.807, 2.05) is 40.4 Å². The summed E-state index contributed by atoms with van der Waals surface area (Å²) in [5, 5.41) is 7.92. The summed E-state index contributed by atoms with van der Waals surface area (Å²) >= 11 is 1.44. The predicted octanol–water partition coefficient (Wildman–Crippen LogP) is 3.32. The van der Waals surface area contributed by atoms with Gasteiger partial charge in [0.25, 0.3) is 5.91 Å². The highest BCUT2D eigenvalue weighted by atomic mass is 32.1. The lowest BCUT2D eigenvalue weighted by Crippen LogP contribution is -2.40. The van der Waals surface area contributed by atoms with Crippen LogP contribution in [0.3, 0.4) is 0 Å². The van der Waals surface area contributed by atoms with Crippen molar-refractivity contribution in [3.05, 3.63) is 40.8 Å². The number of carbonyl (C=O) groups excluding carboxylic acids is 2. The second-order valence-corrected chi connectivity index (χ2v) is 8.57. The van der Waals surface area contributed by atoms with E-state index >= 15 is 0 Å². The van der Waals surface area contributed by atoms with Gasteiger partial charge in [0.2, 0.25) is 5.91 Å². The average Bonchev–Trinajstić information content (AvgIpc) is 3.32. The molecule has 0 bridgehead atoms. The fourth-order valence-corrected chi connectivity index (χ4v) is 4.33. The number of pyridine rings is 1. The molecule has 5 rings (SSSR count). The quantitative estimate of drug-likeness (QED) is 0.676. The van der Waals surface area contributed by atoms with Crippen LogP contribution in [-0.4, -0.2) is 40.5 Å². The molecule has 1 atom stereocenters. The highest BCUT2D eigenvalue weighted by molar-refractivity contribution is 7.12. The van der Waals surface area contributed by atoms with E-state index in [0.29, 0.717) is 17.3 Å². The second-order valence-electron chi connectivity index (χ2n) is 7.66. The summed E-state index contributed by atoms with van der Waals surface area (Å²) < 4.78 is 7.33. The van der Waals surface area contributed by atoms with Crippen LogP contribution in [0.2, 0.25) is 0 Å². The molecule has 4 heterocycles. The maximum atomic E-state index is 12.5. The molecule has 2 fully saturated rings. The van der Waals surface area contributed by atoms with Crippen molar-refractivity contribution in [3.8, 4) is 11.1 Å². The van der Waals surface area contributed by atoms with Crippen molar-refractivity contribution in [1.29, 1.82) is 0 Å². The molecule has 7 nitrogen and oxygen atoms in total. The molecule has 29 heavy (non-hydrogen) atoms. The molecule has 3 aromatic heterocycles. The molecule has 3 aromatic rings. The number of anilines is 1. The maximum Gasteiger partial charge on any atom is 0.261 e. The number of amides is 2. The van der Waals surface area contributed by atoms with Crippen molar-refractivity contribution in [2.45, 2.75) is 31.7 Å². The van der Waals surface area contributed by atoms with Crippen molar-refractivity contribution in [2.24, 2.45) is 5.92 Å². The van der Waals surface area contributed by atoms with Crippen molar-refractivity contribution in [3.63, 3.8) is 0 Å². The largest absolute Gasteiger partial charge is 0.379 e. The summed E-state index contributed by atoms with van der Waals surface area (Å²) in [6, 6.07) is 5.90. The molecule has 1 aliphatic heterocycles. The van der Waals surface area contributed by atoms with Gasteiger partial charge in [0, 0.05) is 18.7 Å². The summed E-state index contributed by atoms with van der Waals surface area (Å²) in [6.07, 6.45) is 7.65. The Morgan fingerprint density at radius 3 is 2.86 bits per heavy atom. The monoisotopic (exact) mass is 410 g/mol. The molecule has 0 aromatic carbocycles. The van der Waals surface area contributed by atoms with E-state index < -0.39 is 0 Å². The third-order valence-electron chi connectivity index (χ3n) is 5.30. The fraction of sp³-hybridized carbons (Fsp3) is 0.381. The molecule has 2 amide bonds. The van der Waals surface area contributed by atoms with Gasteiger partial charge in [-0.15, -0.1) is 11.3 Å². The third-order valence-corrected chi connectivity index (χ3v) is 6.23. The highest BCUT2D eigenvalue weighted by Crippen LogP contribution is 2.30. The number of nitrogens with zero attached hydrogens (tertiary/aromatic N) is 2. The summed E-state index contributed by atoms with van der Waals surface area (Å²) in [5.74, 6) is 0.709. The standard InChI is InChI=1S/C21H22N4O3S/c26-20(13-3-4-13)24-18-10-25-9-14(5-6-19(25)23-18)15-8-17(29-12-15)21(27)22-16-2-1-7-28-11-16/h5-6,8-10,12-13,16H,1-4,7,11H2,(H,22,27)(H,24,26)/t16-/m1/s1. The zero-order valence-electron chi connectivity index (χ0n) is 15.9. The van der Waals surface area contributed by atoms with Gasteiger partial charge in [0.05, 0.1) is 23.7 Å². The lowest BCUT2D eigenvalue weighted by molar-refractivity contribution is -0.117. The fourth-order valence-electron chi connectivity index (χ4n) is 3.51. The number of imidazole rings is 1. The normalized spacial score (nSPS) is 19.2. The molecule has 2 aliphatic rings. The number of hydrogen-bond donors (Lipinski definition) is 2. The van der Waals surface area contributed by atoms with Crippen LogP contribution in [0.1, 0.15) is 35.4 Å². The number of aromatic nitrogens is 2. The van der Waals surface area contributed by atoms with Crippen molar-refractivity contribution >= 4 is 34.6 Å². The Balaban J connectivity index is 1.31. The summed E-state index contributed by atoms with van der Waals surface area (Å²) in [7, 11) is 0. The molecule has 1 aliphatic carbocycles. The van der Waals surface area contributed by atoms with E-state index in [-0.39, 0.29) is 23.8 Å². The number of ether oxygens (including phenoxy) is 1. The first-order chi connectivity index (χ1) is 14.2. The Morgan fingerprint density at radius 2 is 2.07 bits per heavy atom. The zero-order chi connectivity index (χ0) is 19.8. The van der Waals surface area contributed by atoms with Crippen LogP contribution in [0.4, 0.5) is 5.82 Å².